The van der Waals surface area contributed by atoms with Gasteiger partial charge in [-0.1, -0.05) is 36.4 Å². The van der Waals surface area contributed by atoms with E-state index in [0.717, 1.165) is 16.3 Å². The Hall–Kier alpha value is -2.27. The first-order valence-electron chi connectivity index (χ1n) is 5.47. The molecule has 1 aromatic carbocycles. The number of rotatable bonds is 3. The monoisotopic (exact) mass is 254 g/mol. The molecule has 0 aliphatic rings. The Balaban J connectivity index is 1.93. The number of aromatic nitrogens is 3. The van der Waals surface area contributed by atoms with E-state index in [4.69, 9.17) is 0 Å². The molecule has 0 amide bonds. The van der Waals surface area contributed by atoms with Crippen molar-refractivity contribution in [1.29, 1.82) is 0 Å². The molecule has 0 fully saturated rings. The van der Waals surface area contributed by atoms with E-state index < -0.39 is 0 Å². The number of hydrogen-bond donors (Lipinski definition) is 0. The van der Waals surface area contributed by atoms with Gasteiger partial charge in [-0.15, -0.1) is 21.5 Å². The molecule has 88 valence electrons. The topological polar surface area (TPSA) is 43.1 Å². The predicted molar refractivity (Wildman–Crippen MR) is 72.8 cm³/mol. The normalized spacial score (nSPS) is 11.1. The number of benzene rings is 1. The van der Waals surface area contributed by atoms with Crippen LogP contribution in [0.1, 0.15) is 4.88 Å². The Labute approximate surface area is 108 Å². The van der Waals surface area contributed by atoms with Gasteiger partial charge in [-0.25, -0.2) is 0 Å². The lowest BCUT2D eigenvalue weighted by Gasteiger charge is -1.99. The Morgan fingerprint density at radius 1 is 1.11 bits per heavy atom. The lowest BCUT2D eigenvalue weighted by atomic mass is 10.2. The minimum absolute atomic E-state index is 0.739. The molecular weight excluding hydrogens is 244 g/mol. The van der Waals surface area contributed by atoms with E-state index in [-0.39, 0.29) is 0 Å². The lowest BCUT2D eigenvalue weighted by Crippen LogP contribution is -1.92. The van der Waals surface area contributed by atoms with Gasteiger partial charge in [0.15, 0.2) is 5.82 Å². The van der Waals surface area contributed by atoms with E-state index in [2.05, 4.69) is 15.3 Å². The van der Waals surface area contributed by atoms with Crippen molar-refractivity contribution in [1.82, 2.24) is 14.9 Å². The quantitative estimate of drug-likeness (QED) is 0.674. The molecule has 0 atom stereocenters. The summed E-state index contributed by atoms with van der Waals surface area (Å²) in [7, 11) is 0. The van der Waals surface area contributed by atoms with Crippen LogP contribution in [-0.2, 0) is 0 Å². The third kappa shape index (κ3) is 2.21. The second-order valence-electron chi connectivity index (χ2n) is 3.63. The van der Waals surface area contributed by atoms with Crippen LogP contribution >= 0.6 is 11.3 Å². The molecule has 0 aliphatic heterocycles. The van der Waals surface area contributed by atoms with Crippen LogP contribution in [0.3, 0.4) is 0 Å². The molecule has 0 bridgehead atoms. The summed E-state index contributed by atoms with van der Waals surface area (Å²) < 4.78 is 1.68. The average molecular weight is 254 g/mol. The molecule has 3 aromatic rings. The van der Waals surface area contributed by atoms with Gasteiger partial charge in [-0.05, 0) is 11.4 Å². The molecule has 0 saturated heterocycles. The van der Waals surface area contributed by atoms with Gasteiger partial charge in [0.25, 0.3) is 0 Å². The first-order chi connectivity index (χ1) is 8.93. The smallest absolute Gasteiger partial charge is 0.184 e. The molecule has 5 heteroatoms. The number of hydrogen-bond acceptors (Lipinski definition) is 4. The van der Waals surface area contributed by atoms with E-state index in [1.807, 2.05) is 47.8 Å². The van der Waals surface area contributed by atoms with Crippen molar-refractivity contribution in [3.63, 3.8) is 0 Å². The molecule has 18 heavy (non-hydrogen) atoms. The van der Waals surface area contributed by atoms with Gasteiger partial charge in [0.2, 0.25) is 0 Å². The Morgan fingerprint density at radius 3 is 2.78 bits per heavy atom. The molecule has 0 unspecified atom stereocenters. The van der Waals surface area contributed by atoms with Gasteiger partial charge in [0, 0.05) is 10.4 Å². The van der Waals surface area contributed by atoms with Crippen LogP contribution in [0.25, 0.3) is 11.4 Å². The predicted octanol–water partition coefficient (Wildman–Crippen LogP) is 2.89. The van der Waals surface area contributed by atoms with E-state index in [1.54, 1.807) is 28.6 Å². The first-order valence-corrected chi connectivity index (χ1v) is 6.35. The first kappa shape index (κ1) is 10.9. The molecule has 4 nitrogen and oxygen atoms in total. The zero-order valence-electron chi connectivity index (χ0n) is 9.47. The average Bonchev–Trinajstić information content (AvgIpc) is 3.09. The van der Waals surface area contributed by atoms with Gasteiger partial charge in [0.05, 0.1) is 6.21 Å². The highest BCUT2D eigenvalue weighted by Gasteiger charge is 2.04. The van der Waals surface area contributed by atoms with Crippen LogP contribution in [-0.4, -0.2) is 21.1 Å². The summed E-state index contributed by atoms with van der Waals surface area (Å²) in [5.41, 5.74) is 0.998. The second kappa shape index (κ2) is 4.93. The summed E-state index contributed by atoms with van der Waals surface area (Å²) in [5.74, 6) is 0.739. The fraction of sp³-hybridized carbons (Fsp3) is 0. The molecular formula is C13H10N4S. The minimum Gasteiger partial charge on any atom is -0.200 e. The van der Waals surface area contributed by atoms with Gasteiger partial charge < -0.3 is 0 Å². The van der Waals surface area contributed by atoms with Crippen molar-refractivity contribution in [3.05, 3.63) is 59.0 Å². The third-order valence-corrected chi connectivity index (χ3v) is 3.22. The van der Waals surface area contributed by atoms with Crippen molar-refractivity contribution < 1.29 is 0 Å². The lowest BCUT2D eigenvalue weighted by molar-refractivity contribution is 0.888. The Kier molecular flexibility index (Phi) is 2.97. The van der Waals surface area contributed by atoms with Crippen LogP contribution in [0.2, 0.25) is 0 Å². The van der Waals surface area contributed by atoms with Crippen molar-refractivity contribution in [2.75, 3.05) is 0 Å². The van der Waals surface area contributed by atoms with Crippen LogP contribution in [0.15, 0.2) is 59.3 Å². The molecule has 2 aromatic heterocycles. The maximum Gasteiger partial charge on any atom is 0.184 e. The fourth-order valence-corrected chi connectivity index (χ4v) is 2.15. The molecule has 0 spiro atoms. The van der Waals surface area contributed by atoms with E-state index in [0.29, 0.717) is 0 Å². The number of nitrogens with zero attached hydrogens (tertiary/aromatic N) is 4. The summed E-state index contributed by atoms with van der Waals surface area (Å²) >= 11 is 1.64. The maximum atomic E-state index is 4.36. The Bertz CT molecular complexity index is 641. The summed E-state index contributed by atoms with van der Waals surface area (Å²) in [4.78, 5) is 1.10. The van der Waals surface area contributed by atoms with Crippen molar-refractivity contribution in [3.8, 4) is 11.4 Å². The fourth-order valence-electron chi connectivity index (χ4n) is 1.58. The molecule has 0 saturated carbocycles. The summed E-state index contributed by atoms with van der Waals surface area (Å²) in [6, 6.07) is 13.9. The van der Waals surface area contributed by atoms with E-state index >= 15 is 0 Å². The summed E-state index contributed by atoms with van der Waals surface area (Å²) in [6.45, 7) is 0. The van der Waals surface area contributed by atoms with Crippen LogP contribution < -0.4 is 0 Å². The highest BCUT2D eigenvalue weighted by atomic mass is 32.1. The zero-order valence-corrected chi connectivity index (χ0v) is 10.3. The standard InChI is InChI=1S/C13H10N4S/c1-2-5-11(6-3-1)13-16-14-10-17(13)15-9-12-7-4-8-18-12/h1-10H/b15-9-. The highest BCUT2D eigenvalue weighted by Crippen LogP contribution is 2.15. The SMILES string of the molecule is C(=N/n1cnnc1-c1ccccc1)/c1cccs1. The van der Waals surface area contributed by atoms with E-state index in [9.17, 15) is 0 Å². The maximum absolute atomic E-state index is 4.36. The van der Waals surface area contributed by atoms with Crippen molar-refractivity contribution >= 4 is 17.6 Å². The summed E-state index contributed by atoms with van der Waals surface area (Å²) in [5, 5.41) is 14.4. The van der Waals surface area contributed by atoms with E-state index in [1.165, 1.54) is 0 Å². The highest BCUT2D eigenvalue weighted by molar-refractivity contribution is 7.11. The summed E-state index contributed by atoms with van der Waals surface area (Å²) in [6.07, 6.45) is 3.41. The largest absolute Gasteiger partial charge is 0.200 e. The molecule has 0 N–H and O–H groups in total. The molecule has 0 aliphatic carbocycles. The van der Waals surface area contributed by atoms with Gasteiger partial charge >= 0.3 is 0 Å². The number of thiophene rings is 1. The molecule has 2 heterocycles. The van der Waals surface area contributed by atoms with Crippen molar-refractivity contribution in [2.45, 2.75) is 0 Å². The minimum atomic E-state index is 0.739. The van der Waals surface area contributed by atoms with Gasteiger partial charge in [-0.2, -0.15) is 9.78 Å². The molecule has 0 radical (unpaired) electrons. The van der Waals surface area contributed by atoms with Gasteiger partial charge in [0.1, 0.15) is 6.33 Å². The Morgan fingerprint density at radius 2 is 2.00 bits per heavy atom. The van der Waals surface area contributed by atoms with Gasteiger partial charge in [-0.3, -0.25) is 0 Å². The van der Waals surface area contributed by atoms with Crippen LogP contribution in [0.5, 0.6) is 0 Å². The van der Waals surface area contributed by atoms with Crippen LogP contribution in [0, 0.1) is 0 Å². The third-order valence-electron chi connectivity index (χ3n) is 2.42. The second-order valence-corrected chi connectivity index (χ2v) is 4.60. The zero-order chi connectivity index (χ0) is 12.2. The van der Waals surface area contributed by atoms with Crippen LogP contribution in [0.4, 0.5) is 0 Å². The van der Waals surface area contributed by atoms with Crippen molar-refractivity contribution in [2.24, 2.45) is 5.10 Å². The molecule has 3 rings (SSSR count).